The van der Waals surface area contributed by atoms with Crippen molar-refractivity contribution in [3.8, 4) is 0 Å². The summed E-state index contributed by atoms with van der Waals surface area (Å²) in [4.78, 5) is 0. The molecule has 0 aliphatic heterocycles. The van der Waals surface area contributed by atoms with E-state index in [0.717, 1.165) is 24.2 Å². The molecule has 1 aromatic rings. The molecule has 3 heteroatoms. The van der Waals surface area contributed by atoms with Crippen molar-refractivity contribution < 1.29 is 0 Å². The maximum absolute atomic E-state index is 4.01. The number of aryl methyl sites for hydroxylation is 2. The molecule has 0 saturated carbocycles. The zero-order chi connectivity index (χ0) is 7.68. The first-order valence-electron chi connectivity index (χ1n) is 4.05. The summed E-state index contributed by atoms with van der Waals surface area (Å²) in [5.41, 5.74) is 3.55. The predicted octanol–water partition coefficient (Wildman–Crippen LogP) is 1.06. The molecule has 0 atom stereocenters. The molecule has 1 aromatic heterocycles. The van der Waals surface area contributed by atoms with Crippen molar-refractivity contribution in [2.45, 2.75) is 32.6 Å². The Bertz CT molecular complexity index is 246. The van der Waals surface area contributed by atoms with Crippen molar-refractivity contribution in [2.75, 3.05) is 0 Å². The van der Waals surface area contributed by atoms with Crippen LogP contribution in [0.1, 0.15) is 29.8 Å². The summed E-state index contributed by atoms with van der Waals surface area (Å²) in [5.74, 6) is 0. The number of aromatic nitrogens is 3. The Labute approximate surface area is 65.8 Å². The van der Waals surface area contributed by atoms with Crippen LogP contribution in [0.3, 0.4) is 0 Å². The quantitative estimate of drug-likeness (QED) is 0.553. The summed E-state index contributed by atoms with van der Waals surface area (Å²) < 4.78 is 0. The first-order valence-corrected chi connectivity index (χ1v) is 4.05. The average Bonchev–Trinajstić information content (AvgIpc) is 2.17. The van der Waals surface area contributed by atoms with Crippen LogP contribution >= 0.6 is 0 Å². The lowest BCUT2D eigenvalue weighted by Gasteiger charge is -2.00. The van der Waals surface area contributed by atoms with Gasteiger partial charge < -0.3 is 0 Å². The summed E-state index contributed by atoms with van der Waals surface area (Å²) in [6.07, 6.45) is 4.61. The largest absolute Gasteiger partial charge is 0.135 e. The molecule has 2 rings (SSSR count). The Morgan fingerprint density at radius 2 is 1.55 bits per heavy atom. The minimum absolute atomic E-state index is 1.08. The molecule has 0 N–H and O–H groups in total. The van der Waals surface area contributed by atoms with Crippen molar-refractivity contribution in [1.29, 1.82) is 0 Å². The van der Waals surface area contributed by atoms with Gasteiger partial charge in [-0.05, 0) is 43.4 Å². The Balaban J connectivity index is 2.52. The maximum atomic E-state index is 4.01. The van der Waals surface area contributed by atoms with Gasteiger partial charge in [0, 0.05) is 0 Å². The van der Waals surface area contributed by atoms with Crippen LogP contribution in [0.25, 0.3) is 0 Å². The Morgan fingerprint density at radius 1 is 1.00 bits per heavy atom. The van der Waals surface area contributed by atoms with E-state index in [4.69, 9.17) is 0 Å². The van der Waals surface area contributed by atoms with Crippen molar-refractivity contribution in [2.24, 2.45) is 0 Å². The zero-order valence-corrected chi connectivity index (χ0v) is 6.67. The van der Waals surface area contributed by atoms with Crippen LogP contribution in [-0.4, -0.2) is 15.4 Å². The van der Waals surface area contributed by atoms with Gasteiger partial charge in [-0.15, -0.1) is 10.2 Å². The molecule has 0 unspecified atom stereocenters. The molecule has 0 saturated heterocycles. The van der Waals surface area contributed by atoms with Crippen LogP contribution in [0.5, 0.6) is 0 Å². The van der Waals surface area contributed by atoms with Crippen molar-refractivity contribution in [3.05, 3.63) is 17.0 Å². The molecular weight excluding hydrogens is 138 g/mol. The SMILES string of the molecule is Cc1c2nnnc1CCCC2. The van der Waals surface area contributed by atoms with E-state index in [1.54, 1.807) is 0 Å². The molecule has 2 bridgehead atoms. The molecule has 1 aliphatic rings. The summed E-state index contributed by atoms with van der Waals surface area (Å²) in [5, 5.41) is 11.7. The van der Waals surface area contributed by atoms with E-state index in [9.17, 15) is 0 Å². The number of nitrogens with zero attached hydrogens (tertiary/aromatic N) is 3. The monoisotopic (exact) mass is 149 g/mol. The lowest BCUT2D eigenvalue weighted by atomic mass is 10.2. The van der Waals surface area contributed by atoms with E-state index < -0.39 is 0 Å². The van der Waals surface area contributed by atoms with Gasteiger partial charge in [0.2, 0.25) is 0 Å². The number of hydrogen-bond acceptors (Lipinski definition) is 3. The van der Waals surface area contributed by atoms with E-state index in [0.29, 0.717) is 0 Å². The third-order valence-corrected chi connectivity index (χ3v) is 2.27. The van der Waals surface area contributed by atoms with Crippen LogP contribution in [0, 0.1) is 6.92 Å². The van der Waals surface area contributed by atoms with Crippen LogP contribution in [-0.2, 0) is 12.8 Å². The first-order chi connectivity index (χ1) is 5.38. The summed E-state index contributed by atoms with van der Waals surface area (Å²) >= 11 is 0. The lowest BCUT2D eigenvalue weighted by Crippen LogP contribution is -2.01. The highest BCUT2D eigenvalue weighted by atomic mass is 15.3. The molecule has 0 spiro atoms. The fraction of sp³-hybridized carbons (Fsp3) is 0.625. The zero-order valence-electron chi connectivity index (χ0n) is 6.67. The second-order valence-corrected chi connectivity index (χ2v) is 3.01. The number of fused-ring (bicyclic) bond motifs is 2. The van der Waals surface area contributed by atoms with E-state index >= 15 is 0 Å². The topological polar surface area (TPSA) is 38.7 Å². The second-order valence-electron chi connectivity index (χ2n) is 3.01. The standard InChI is InChI=1S/C8H11N3/c1-6-7-4-2-3-5-8(6)10-11-9-7/h2-5H2,1H3. The molecule has 0 radical (unpaired) electrons. The molecule has 11 heavy (non-hydrogen) atoms. The molecule has 0 aromatic carbocycles. The Morgan fingerprint density at radius 3 is 2.09 bits per heavy atom. The summed E-state index contributed by atoms with van der Waals surface area (Å²) in [7, 11) is 0. The van der Waals surface area contributed by atoms with Crippen molar-refractivity contribution in [1.82, 2.24) is 15.4 Å². The molecule has 1 heterocycles. The fourth-order valence-corrected chi connectivity index (χ4v) is 1.51. The second kappa shape index (κ2) is 2.57. The molecule has 0 fully saturated rings. The molecule has 0 amide bonds. The van der Waals surface area contributed by atoms with Gasteiger partial charge in [-0.25, -0.2) is 0 Å². The van der Waals surface area contributed by atoms with Gasteiger partial charge >= 0.3 is 0 Å². The fourth-order valence-electron chi connectivity index (χ4n) is 1.51. The van der Waals surface area contributed by atoms with Gasteiger partial charge in [0.25, 0.3) is 0 Å². The Hall–Kier alpha value is -0.990. The van der Waals surface area contributed by atoms with E-state index in [1.165, 1.54) is 18.4 Å². The van der Waals surface area contributed by atoms with E-state index in [-0.39, 0.29) is 0 Å². The van der Waals surface area contributed by atoms with Crippen molar-refractivity contribution >= 4 is 0 Å². The number of rotatable bonds is 0. The lowest BCUT2D eigenvalue weighted by molar-refractivity contribution is 0.743. The maximum Gasteiger partial charge on any atom is 0.0696 e. The molecule has 1 aliphatic carbocycles. The summed E-state index contributed by atoms with van der Waals surface area (Å²) in [6, 6.07) is 0. The highest BCUT2D eigenvalue weighted by molar-refractivity contribution is 5.23. The molecular formula is C8H11N3. The third kappa shape index (κ3) is 1.11. The van der Waals surface area contributed by atoms with Crippen molar-refractivity contribution in [3.63, 3.8) is 0 Å². The van der Waals surface area contributed by atoms with E-state index in [2.05, 4.69) is 22.3 Å². The van der Waals surface area contributed by atoms with Crippen LogP contribution in [0.4, 0.5) is 0 Å². The van der Waals surface area contributed by atoms with Gasteiger partial charge in [0.15, 0.2) is 0 Å². The van der Waals surface area contributed by atoms with Crippen LogP contribution in [0.15, 0.2) is 0 Å². The summed E-state index contributed by atoms with van der Waals surface area (Å²) in [6.45, 7) is 2.09. The van der Waals surface area contributed by atoms with Crippen LogP contribution in [0.2, 0.25) is 0 Å². The van der Waals surface area contributed by atoms with Gasteiger partial charge in [0.1, 0.15) is 0 Å². The molecule has 58 valence electrons. The predicted molar refractivity (Wildman–Crippen MR) is 41.2 cm³/mol. The van der Waals surface area contributed by atoms with Gasteiger partial charge in [-0.2, -0.15) is 0 Å². The smallest absolute Gasteiger partial charge is 0.0696 e. The number of hydrogen-bond donors (Lipinski definition) is 0. The Kier molecular flexibility index (Phi) is 1.56. The average molecular weight is 149 g/mol. The van der Waals surface area contributed by atoms with Gasteiger partial charge in [-0.3, -0.25) is 0 Å². The minimum atomic E-state index is 1.08. The highest BCUT2D eigenvalue weighted by Gasteiger charge is 2.11. The normalized spacial score (nSPS) is 16.1. The van der Waals surface area contributed by atoms with Crippen LogP contribution < -0.4 is 0 Å². The molecule has 3 nitrogen and oxygen atoms in total. The van der Waals surface area contributed by atoms with Gasteiger partial charge in [-0.1, -0.05) is 0 Å². The third-order valence-electron chi connectivity index (χ3n) is 2.27. The van der Waals surface area contributed by atoms with Gasteiger partial charge in [0.05, 0.1) is 11.4 Å². The minimum Gasteiger partial charge on any atom is -0.135 e. The first kappa shape index (κ1) is 6.70. The highest BCUT2D eigenvalue weighted by Crippen LogP contribution is 2.17. The van der Waals surface area contributed by atoms with E-state index in [1.807, 2.05) is 0 Å².